The molecule has 3 nitrogen and oxygen atoms in total. The molecular formula is C5H11N3S. The highest BCUT2D eigenvalue weighted by atomic mass is 32.1. The van der Waals surface area contributed by atoms with Crippen molar-refractivity contribution in [1.82, 2.24) is 16.0 Å². The Morgan fingerprint density at radius 3 is 3.00 bits per heavy atom. The van der Waals surface area contributed by atoms with E-state index in [1.807, 2.05) is 18.1 Å². The van der Waals surface area contributed by atoms with Crippen LogP contribution >= 0.6 is 12.6 Å². The van der Waals surface area contributed by atoms with Crippen molar-refractivity contribution in [3.8, 4) is 0 Å². The van der Waals surface area contributed by atoms with Crippen LogP contribution < -0.4 is 11.0 Å². The van der Waals surface area contributed by atoms with E-state index in [1.54, 1.807) is 0 Å². The second kappa shape index (κ2) is 2.98. The van der Waals surface area contributed by atoms with Crippen LogP contribution in [0, 0.1) is 0 Å². The van der Waals surface area contributed by atoms with Gasteiger partial charge in [-0.1, -0.05) is 0 Å². The van der Waals surface area contributed by atoms with Gasteiger partial charge in [-0.3, -0.25) is 5.01 Å². The van der Waals surface area contributed by atoms with E-state index in [1.165, 1.54) is 0 Å². The summed E-state index contributed by atoms with van der Waals surface area (Å²) in [5, 5.41) is 1.96. The molecule has 0 saturated carbocycles. The number of nitrogens with zero attached hydrogens (tertiary/aromatic N) is 1. The predicted octanol–water partition coefficient (Wildman–Crippen LogP) is 0.102. The number of allylic oxidation sites excluding steroid dienone is 1. The summed E-state index contributed by atoms with van der Waals surface area (Å²) in [6.45, 7) is 2.93. The minimum absolute atomic E-state index is 0.860. The van der Waals surface area contributed by atoms with E-state index in [0.29, 0.717) is 0 Å². The van der Waals surface area contributed by atoms with Crippen molar-refractivity contribution >= 4 is 12.6 Å². The maximum Gasteiger partial charge on any atom is 0.0444 e. The van der Waals surface area contributed by atoms with Gasteiger partial charge in [0.05, 0.1) is 0 Å². The highest BCUT2D eigenvalue weighted by Gasteiger charge is 2.03. The zero-order valence-electron chi connectivity index (χ0n) is 5.39. The van der Waals surface area contributed by atoms with Gasteiger partial charge in [0.2, 0.25) is 0 Å². The van der Waals surface area contributed by atoms with Crippen molar-refractivity contribution in [1.29, 1.82) is 0 Å². The van der Waals surface area contributed by atoms with Crippen LogP contribution in [0.4, 0.5) is 0 Å². The third-order valence-electron chi connectivity index (χ3n) is 1.09. The Kier molecular flexibility index (Phi) is 2.24. The molecule has 0 aromatic rings. The molecule has 1 aliphatic rings. The maximum atomic E-state index is 4.09. The first kappa shape index (κ1) is 6.77. The molecule has 52 valence electrons. The first-order valence-electron chi connectivity index (χ1n) is 2.90. The molecule has 9 heavy (non-hydrogen) atoms. The van der Waals surface area contributed by atoms with Crippen molar-refractivity contribution < 1.29 is 0 Å². The van der Waals surface area contributed by atoms with Crippen molar-refractivity contribution in [2.75, 3.05) is 12.3 Å². The monoisotopic (exact) mass is 145 g/mol. The molecule has 1 heterocycles. The molecule has 0 atom stereocenters. The van der Waals surface area contributed by atoms with Crippen LogP contribution in [-0.2, 0) is 0 Å². The van der Waals surface area contributed by atoms with Crippen LogP contribution in [0.15, 0.2) is 11.9 Å². The van der Waals surface area contributed by atoms with E-state index in [4.69, 9.17) is 0 Å². The lowest BCUT2D eigenvalue weighted by molar-refractivity contribution is 0.287. The Balaban J connectivity index is 2.29. The highest BCUT2D eigenvalue weighted by molar-refractivity contribution is 7.80. The molecule has 1 aliphatic heterocycles. The lowest BCUT2D eigenvalue weighted by Gasteiger charge is -2.12. The van der Waals surface area contributed by atoms with Crippen molar-refractivity contribution in [3.63, 3.8) is 0 Å². The molecule has 4 heteroatoms. The van der Waals surface area contributed by atoms with Crippen molar-refractivity contribution in [2.45, 2.75) is 6.92 Å². The molecular weight excluding hydrogens is 134 g/mol. The average molecular weight is 145 g/mol. The van der Waals surface area contributed by atoms with E-state index in [-0.39, 0.29) is 0 Å². The standard InChI is InChI=1S/C5H11N3S/c1-5-4-8(2-3-9)7-6-5/h4,6-7,9H,2-3H2,1H3. The molecule has 0 aromatic carbocycles. The van der Waals surface area contributed by atoms with Gasteiger partial charge in [0.25, 0.3) is 0 Å². The molecule has 0 saturated heterocycles. The summed E-state index contributed by atoms with van der Waals surface area (Å²) in [6, 6.07) is 0. The van der Waals surface area contributed by atoms with Gasteiger partial charge in [0, 0.05) is 24.2 Å². The summed E-state index contributed by atoms with van der Waals surface area (Å²) < 4.78 is 0. The summed E-state index contributed by atoms with van der Waals surface area (Å²) >= 11 is 4.09. The van der Waals surface area contributed by atoms with Gasteiger partial charge in [-0.15, -0.1) is 5.53 Å². The van der Waals surface area contributed by atoms with Crippen LogP contribution in [0.2, 0.25) is 0 Å². The molecule has 0 spiro atoms. The maximum absolute atomic E-state index is 4.09. The topological polar surface area (TPSA) is 27.3 Å². The Labute approximate surface area is 60.5 Å². The summed E-state index contributed by atoms with van der Waals surface area (Å²) in [6.07, 6.45) is 2.01. The van der Waals surface area contributed by atoms with Gasteiger partial charge in [-0.25, -0.2) is 0 Å². The van der Waals surface area contributed by atoms with E-state index in [2.05, 4.69) is 23.6 Å². The third kappa shape index (κ3) is 1.80. The Morgan fingerprint density at radius 1 is 1.78 bits per heavy atom. The van der Waals surface area contributed by atoms with Gasteiger partial charge < -0.3 is 5.43 Å². The summed E-state index contributed by atoms with van der Waals surface area (Å²) in [5.74, 6) is 0.860. The molecule has 0 aliphatic carbocycles. The van der Waals surface area contributed by atoms with E-state index < -0.39 is 0 Å². The third-order valence-corrected chi connectivity index (χ3v) is 1.29. The fourth-order valence-corrected chi connectivity index (χ4v) is 0.902. The normalized spacial score (nSPS) is 17.6. The first-order chi connectivity index (χ1) is 4.33. The number of hydrogen-bond acceptors (Lipinski definition) is 4. The smallest absolute Gasteiger partial charge is 0.0444 e. The number of hydrogen-bond donors (Lipinski definition) is 3. The van der Waals surface area contributed by atoms with E-state index >= 15 is 0 Å². The van der Waals surface area contributed by atoms with Crippen LogP contribution in [0.3, 0.4) is 0 Å². The minimum Gasteiger partial charge on any atom is -0.307 e. The van der Waals surface area contributed by atoms with Crippen molar-refractivity contribution in [2.24, 2.45) is 0 Å². The number of rotatable bonds is 2. The van der Waals surface area contributed by atoms with Crippen LogP contribution in [0.25, 0.3) is 0 Å². The lowest BCUT2D eigenvalue weighted by atomic mass is 10.5. The number of thiol groups is 1. The highest BCUT2D eigenvalue weighted by Crippen LogP contribution is 1.96. The molecule has 2 N–H and O–H groups in total. The largest absolute Gasteiger partial charge is 0.307 e. The van der Waals surface area contributed by atoms with Crippen LogP contribution in [0.5, 0.6) is 0 Å². The predicted molar refractivity (Wildman–Crippen MR) is 40.6 cm³/mol. The Bertz CT molecular complexity index is 123. The fraction of sp³-hybridized carbons (Fsp3) is 0.600. The second-order valence-electron chi connectivity index (χ2n) is 1.97. The quantitative estimate of drug-likeness (QED) is 0.481. The SMILES string of the molecule is CC1=CN(CCS)NN1. The molecule has 1 rings (SSSR count). The van der Waals surface area contributed by atoms with E-state index in [9.17, 15) is 0 Å². The molecule has 0 aromatic heterocycles. The summed E-state index contributed by atoms with van der Waals surface area (Å²) in [5.41, 5.74) is 7.04. The zero-order chi connectivity index (χ0) is 6.69. The van der Waals surface area contributed by atoms with Gasteiger partial charge in [-0.2, -0.15) is 12.6 Å². The van der Waals surface area contributed by atoms with Gasteiger partial charge in [-0.05, 0) is 6.92 Å². The summed E-state index contributed by atoms with van der Waals surface area (Å²) in [4.78, 5) is 0. The van der Waals surface area contributed by atoms with Crippen LogP contribution in [0.1, 0.15) is 6.92 Å². The molecule has 0 unspecified atom stereocenters. The fourth-order valence-electron chi connectivity index (χ4n) is 0.686. The minimum atomic E-state index is 0.860. The lowest BCUT2D eigenvalue weighted by Crippen LogP contribution is -2.37. The van der Waals surface area contributed by atoms with Gasteiger partial charge in [0.15, 0.2) is 0 Å². The van der Waals surface area contributed by atoms with E-state index in [0.717, 1.165) is 18.0 Å². The number of nitrogens with one attached hydrogen (secondary N) is 2. The molecule has 0 bridgehead atoms. The summed E-state index contributed by atoms with van der Waals surface area (Å²) in [7, 11) is 0. The first-order valence-corrected chi connectivity index (χ1v) is 3.54. The second-order valence-corrected chi connectivity index (χ2v) is 2.41. The number of hydrazine groups is 2. The van der Waals surface area contributed by atoms with Gasteiger partial charge in [0.1, 0.15) is 0 Å². The van der Waals surface area contributed by atoms with Crippen molar-refractivity contribution in [3.05, 3.63) is 11.9 Å². The van der Waals surface area contributed by atoms with Gasteiger partial charge >= 0.3 is 0 Å². The molecule has 0 amide bonds. The Morgan fingerprint density at radius 2 is 2.56 bits per heavy atom. The van der Waals surface area contributed by atoms with Crippen LogP contribution in [-0.4, -0.2) is 17.3 Å². The Hall–Kier alpha value is -0.350. The molecule has 0 radical (unpaired) electrons. The zero-order valence-corrected chi connectivity index (χ0v) is 6.28. The molecule has 0 fully saturated rings. The average Bonchev–Trinajstić information content (AvgIpc) is 2.17.